The average Bonchev–Trinajstić information content (AvgIpc) is 2.46. The van der Waals surface area contributed by atoms with Gasteiger partial charge in [-0.05, 0) is 45.8 Å². The van der Waals surface area contributed by atoms with Gasteiger partial charge < -0.3 is 14.6 Å². The van der Waals surface area contributed by atoms with E-state index in [4.69, 9.17) is 9.47 Å². The molecule has 0 heterocycles. The molecule has 0 bridgehead atoms. The van der Waals surface area contributed by atoms with Gasteiger partial charge in [-0.15, -0.1) is 0 Å². The van der Waals surface area contributed by atoms with Gasteiger partial charge >= 0.3 is 0 Å². The summed E-state index contributed by atoms with van der Waals surface area (Å²) in [4.78, 5) is 0. The maximum absolute atomic E-state index is 10.1. The Kier molecular flexibility index (Phi) is 4.82. The van der Waals surface area contributed by atoms with E-state index in [9.17, 15) is 5.11 Å². The Hall–Kier alpha value is -1.52. The van der Waals surface area contributed by atoms with Gasteiger partial charge in [-0.3, -0.25) is 0 Å². The molecule has 2 aromatic carbocycles. The van der Waals surface area contributed by atoms with Crippen LogP contribution >= 0.6 is 15.9 Å². The first-order chi connectivity index (χ1) is 9.20. The molecule has 1 atom stereocenters. The van der Waals surface area contributed by atoms with Crippen molar-refractivity contribution in [1.29, 1.82) is 0 Å². The fourth-order valence-corrected chi connectivity index (χ4v) is 2.07. The van der Waals surface area contributed by atoms with Gasteiger partial charge in [0.25, 0.3) is 0 Å². The molecule has 0 aliphatic rings. The largest absolute Gasteiger partial charge is 0.497 e. The quantitative estimate of drug-likeness (QED) is 0.914. The smallest absolute Gasteiger partial charge is 0.133 e. The SMILES string of the molecule is COc1cccc(C(O)COc2ccccc2Br)c1. The van der Waals surface area contributed by atoms with Gasteiger partial charge in [0.05, 0.1) is 11.6 Å². The van der Waals surface area contributed by atoms with Crippen molar-refractivity contribution in [1.82, 2.24) is 0 Å². The third-order valence-corrected chi connectivity index (χ3v) is 3.37. The lowest BCUT2D eigenvalue weighted by molar-refractivity contribution is 0.107. The number of rotatable bonds is 5. The van der Waals surface area contributed by atoms with Gasteiger partial charge in [0.15, 0.2) is 0 Å². The first-order valence-corrected chi connectivity index (χ1v) is 6.69. The van der Waals surface area contributed by atoms with Crippen molar-refractivity contribution in [3.05, 3.63) is 58.6 Å². The van der Waals surface area contributed by atoms with Crippen LogP contribution in [0.25, 0.3) is 0 Å². The van der Waals surface area contributed by atoms with E-state index in [-0.39, 0.29) is 6.61 Å². The van der Waals surface area contributed by atoms with Crippen LogP contribution < -0.4 is 9.47 Å². The maximum Gasteiger partial charge on any atom is 0.133 e. The molecule has 0 aromatic heterocycles. The minimum Gasteiger partial charge on any atom is -0.497 e. The Morgan fingerprint density at radius 3 is 2.68 bits per heavy atom. The van der Waals surface area contributed by atoms with Crippen molar-refractivity contribution in [3.63, 3.8) is 0 Å². The van der Waals surface area contributed by atoms with E-state index in [0.29, 0.717) is 5.75 Å². The fourth-order valence-electron chi connectivity index (χ4n) is 1.68. The van der Waals surface area contributed by atoms with E-state index in [2.05, 4.69) is 15.9 Å². The molecule has 1 unspecified atom stereocenters. The highest BCUT2D eigenvalue weighted by molar-refractivity contribution is 9.10. The number of halogens is 1. The zero-order chi connectivity index (χ0) is 13.7. The topological polar surface area (TPSA) is 38.7 Å². The van der Waals surface area contributed by atoms with Crippen molar-refractivity contribution in [2.75, 3.05) is 13.7 Å². The molecule has 19 heavy (non-hydrogen) atoms. The van der Waals surface area contributed by atoms with Gasteiger partial charge in [-0.25, -0.2) is 0 Å². The molecule has 1 N–H and O–H groups in total. The minimum absolute atomic E-state index is 0.190. The zero-order valence-corrected chi connectivity index (χ0v) is 12.1. The van der Waals surface area contributed by atoms with Gasteiger partial charge in [0, 0.05) is 0 Å². The zero-order valence-electron chi connectivity index (χ0n) is 10.5. The Labute approximate surface area is 120 Å². The van der Waals surface area contributed by atoms with E-state index >= 15 is 0 Å². The lowest BCUT2D eigenvalue weighted by atomic mass is 10.1. The van der Waals surface area contributed by atoms with Gasteiger partial charge in [-0.2, -0.15) is 0 Å². The van der Waals surface area contributed by atoms with Crippen molar-refractivity contribution < 1.29 is 14.6 Å². The second kappa shape index (κ2) is 6.59. The van der Waals surface area contributed by atoms with E-state index in [0.717, 1.165) is 15.8 Å². The van der Waals surface area contributed by atoms with Crippen molar-refractivity contribution in [2.45, 2.75) is 6.10 Å². The second-order valence-corrected chi connectivity index (χ2v) is 4.89. The Balaban J connectivity index is 2.01. The summed E-state index contributed by atoms with van der Waals surface area (Å²) in [5, 5.41) is 10.1. The van der Waals surface area contributed by atoms with Crippen LogP contribution in [0, 0.1) is 0 Å². The molecule has 0 radical (unpaired) electrons. The fraction of sp³-hybridized carbons (Fsp3) is 0.200. The minimum atomic E-state index is -0.692. The molecular weight excluding hydrogens is 308 g/mol. The molecule has 2 aromatic rings. The molecule has 0 aliphatic carbocycles. The normalized spacial score (nSPS) is 11.9. The molecule has 4 heteroatoms. The predicted octanol–water partition coefficient (Wildman–Crippen LogP) is 3.57. The van der Waals surface area contributed by atoms with Crippen molar-refractivity contribution in [3.8, 4) is 11.5 Å². The lowest BCUT2D eigenvalue weighted by Crippen LogP contribution is -2.10. The van der Waals surface area contributed by atoms with Crippen molar-refractivity contribution >= 4 is 15.9 Å². The number of aliphatic hydroxyl groups is 1. The summed E-state index contributed by atoms with van der Waals surface area (Å²) in [6.07, 6.45) is -0.692. The summed E-state index contributed by atoms with van der Waals surface area (Å²) >= 11 is 3.40. The van der Waals surface area contributed by atoms with Crippen LogP contribution in [0.15, 0.2) is 53.0 Å². The van der Waals surface area contributed by atoms with Gasteiger partial charge in [0.2, 0.25) is 0 Å². The monoisotopic (exact) mass is 322 g/mol. The first-order valence-electron chi connectivity index (χ1n) is 5.90. The summed E-state index contributed by atoms with van der Waals surface area (Å²) in [6, 6.07) is 14.9. The lowest BCUT2D eigenvalue weighted by Gasteiger charge is -2.14. The van der Waals surface area contributed by atoms with Crippen LogP contribution in [-0.2, 0) is 0 Å². The maximum atomic E-state index is 10.1. The molecule has 0 amide bonds. The van der Waals surface area contributed by atoms with Crippen LogP contribution in [0.3, 0.4) is 0 Å². The number of hydrogen-bond acceptors (Lipinski definition) is 3. The predicted molar refractivity (Wildman–Crippen MR) is 77.6 cm³/mol. The number of para-hydroxylation sites is 1. The average molecular weight is 323 g/mol. The molecule has 0 saturated carbocycles. The highest BCUT2D eigenvalue weighted by atomic mass is 79.9. The number of methoxy groups -OCH3 is 1. The highest BCUT2D eigenvalue weighted by Gasteiger charge is 2.10. The third-order valence-electron chi connectivity index (χ3n) is 2.71. The summed E-state index contributed by atoms with van der Waals surface area (Å²) in [6.45, 7) is 0.190. The molecule has 2 rings (SSSR count). The van der Waals surface area contributed by atoms with Crippen LogP contribution in [0.2, 0.25) is 0 Å². The van der Waals surface area contributed by atoms with E-state index in [1.54, 1.807) is 13.2 Å². The molecular formula is C15H15BrO3. The van der Waals surface area contributed by atoms with Crippen molar-refractivity contribution in [2.24, 2.45) is 0 Å². The van der Waals surface area contributed by atoms with E-state index < -0.39 is 6.10 Å². The van der Waals surface area contributed by atoms with Crippen LogP contribution in [0.5, 0.6) is 11.5 Å². The third kappa shape index (κ3) is 3.72. The standard InChI is InChI=1S/C15H15BrO3/c1-18-12-6-4-5-11(9-12)14(17)10-19-15-8-3-2-7-13(15)16/h2-9,14,17H,10H2,1H3. The number of ether oxygens (including phenoxy) is 2. The van der Waals surface area contributed by atoms with Crippen LogP contribution in [0.1, 0.15) is 11.7 Å². The first kappa shape index (κ1) is 13.9. The molecule has 100 valence electrons. The van der Waals surface area contributed by atoms with Crippen LogP contribution in [-0.4, -0.2) is 18.8 Å². The number of benzene rings is 2. The summed E-state index contributed by atoms with van der Waals surface area (Å²) in [5.41, 5.74) is 0.770. The van der Waals surface area contributed by atoms with Crippen LogP contribution in [0.4, 0.5) is 0 Å². The molecule has 0 saturated heterocycles. The Bertz CT molecular complexity index is 542. The number of aliphatic hydroxyl groups excluding tert-OH is 1. The Morgan fingerprint density at radius 1 is 1.16 bits per heavy atom. The molecule has 0 aliphatic heterocycles. The highest BCUT2D eigenvalue weighted by Crippen LogP contribution is 2.26. The number of hydrogen-bond donors (Lipinski definition) is 1. The van der Waals surface area contributed by atoms with E-state index in [1.807, 2.05) is 42.5 Å². The molecule has 3 nitrogen and oxygen atoms in total. The molecule has 0 fully saturated rings. The summed E-state index contributed by atoms with van der Waals surface area (Å²) in [7, 11) is 1.60. The van der Waals surface area contributed by atoms with Gasteiger partial charge in [-0.1, -0.05) is 24.3 Å². The Morgan fingerprint density at radius 2 is 1.95 bits per heavy atom. The summed E-state index contributed by atoms with van der Waals surface area (Å²) in [5.74, 6) is 1.43. The second-order valence-electron chi connectivity index (χ2n) is 4.03. The van der Waals surface area contributed by atoms with Gasteiger partial charge in [0.1, 0.15) is 24.2 Å². The van der Waals surface area contributed by atoms with E-state index in [1.165, 1.54) is 0 Å². The molecule has 0 spiro atoms. The summed E-state index contributed by atoms with van der Waals surface area (Å²) < 4.78 is 11.6.